The summed E-state index contributed by atoms with van der Waals surface area (Å²) in [6, 6.07) is 1.89. The van der Waals surface area contributed by atoms with Crippen LogP contribution in [0.25, 0.3) is 0 Å². The number of aromatic nitrogens is 2. The number of aliphatic carboxylic acids is 1. The van der Waals surface area contributed by atoms with Crippen molar-refractivity contribution in [3.8, 4) is 0 Å². The lowest BCUT2D eigenvalue weighted by molar-refractivity contribution is -0.136. The minimum absolute atomic E-state index is 0.128. The predicted octanol–water partition coefficient (Wildman–Crippen LogP) is 1.61. The highest BCUT2D eigenvalue weighted by atomic mass is 16.4. The topological polar surface area (TPSA) is 66.3 Å². The number of piperidine rings is 1. The van der Waals surface area contributed by atoms with Gasteiger partial charge in [0.2, 0.25) is 0 Å². The fraction of sp³-hybridized carbons (Fsp3) is 0.643. The van der Waals surface area contributed by atoms with Crippen molar-refractivity contribution in [3.05, 3.63) is 23.3 Å². The number of carbonyl (C=O) groups is 1. The first-order valence-corrected chi connectivity index (χ1v) is 6.79. The summed E-state index contributed by atoms with van der Waals surface area (Å²) in [7, 11) is 2.13. The monoisotopic (exact) mass is 263 g/mol. The standard InChI is InChI=1S/C14H21N3O2/c1-10-9-12(3-4-13(18)19)16-14(15-10)11-5-7-17(2)8-6-11/h9,11H,3-8H2,1-2H3,(H,18,19). The van der Waals surface area contributed by atoms with Crippen LogP contribution in [0.1, 0.15) is 42.4 Å². The molecule has 2 rings (SSSR count). The number of carboxylic acid groups (broad SMARTS) is 1. The highest BCUT2D eigenvalue weighted by Gasteiger charge is 2.21. The van der Waals surface area contributed by atoms with Gasteiger partial charge in [0.25, 0.3) is 0 Å². The van der Waals surface area contributed by atoms with E-state index in [1.807, 2.05) is 13.0 Å². The maximum Gasteiger partial charge on any atom is 0.303 e. The van der Waals surface area contributed by atoms with Gasteiger partial charge in [0.1, 0.15) is 5.82 Å². The van der Waals surface area contributed by atoms with Gasteiger partial charge in [-0.25, -0.2) is 9.97 Å². The van der Waals surface area contributed by atoms with Crippen LogP contribution in [0, 0.1) is 6.92 Å². The molecular formula is C14H21N3O2. The van der Waals surface area contributed by atoms with Gasteiger partial charge in [-0.2, -0.15) is 0 Å². The Bertz CT molecular complexity index is 454. The minimum Gasteiger partial charge on any atom is -0.481 e. The second-order valence-corrected chi connectivity index (χ2v) is 5.33. The van der Waals surface area contributed by atoms with Crippen molar-refractivity contribution in [2.75, 3.05) is 20.1 Å². The SMILES string of the molecule is Cc1cc(CCC(=O)O)nc(C2CCN(C)CC2)n1. The molecule has 2 heterocycles. The molecule has 104 valence electrons. The molecule has 1 saturated heterocycles. The van der Waals surface area contributed by atoms with Crippen LogP contribution in [0.3, 0.4) is 0 Å². The van der Waals surface area contributed by atoms with Crippen molar-refractivity contribution in [1.29, 1.82) is 0 Å². The molecule has 5 nitrogen and oxygen atoms in total. The van der Waals surface area contributed by atoms with E-state index in [0.29, 0.717) is 12.3 Å². The zero-order valence-electron chi connectivity index (χ0n) is 11.6. The molecule has 0 atom stereocenters. The van der Waals surface area contributed by atoms with Crippen LogP contribution in [0.15, 0.2) is 6.07 Å². The van der Waals surface area contributed by atoms with Gasteiger partial charge in [0.15, 0.2) is 0 Å². The number of likely N-dealkylation sites (tertiary alicyclic amines) is 1. The second-order valence-electron chi connectivity index (χ2n) is 5.33. The maximum atomic E-state index is 10.6. The minimum atomic E-state index is -0.780. The molecule has 0 aliphatic carbocycles. The number of carboxylic acids is 1. The van der Waals surface area contributed by atoms with E-state index in [0.717, 1.165) is 43.1 Å². The molecule has 1 aromatic heterocycles. The van der Waals surface area contributed by atoms with Gasteiger partial charge in [-0.05, 0) is 46.0 Å². The van der Waals surface area contributed by atoms with E-state index >= 15 is 0 Å². The molecule has 0 bridgehead atoms. The van der Waals surface area contributed by atoms with E-state index in [1.165, 1.54) is 0 Å². The first-order chi connectivity index (χ1) is 9.04. The van der Waals surface area contributed by atoms with Gasteiger partial charge < -0.3 is 10.0 Å². The van der Waals surface area contributed by atoms with Crippen LogP contribution < -0.4 is 0 Å². The molecule has 19 heavy (non-hydrogen) atoms. The third-order valence-electron chi connectivity index (χ3n) is 3.60. The van der Waals surface area contributed by atoms with Crippen LogP contribution in [-0.2, 0) is 11.2 Å². The Morgan fingerprint density at radius 1 is 1.42 bits per heavy atom. The second kappa shape index (κ2) is 6.10. The van der Waals surface area contributed by atoms with Crippen LogP contribution in [-0.4, -0.2) is 46.1 Å². The first kappa shape index (κ1) is 13.9. The smallest absolute Gasteiger partial charge is 0.303 e. The molecule has 0 spiro atoms. The normalized spacial score (nSPS) is 17.6. The zero-order valence-corrected chi connectivity index (χ0v) is 11.6. The Kier molecular flexibility index (Phi) is 4.47. The molecule has 1 aliphatic rings. The summed E-state index contributed by atoms with van der Waals surface area (Å²) in [5.41, 5.74) is 1.79. The summed E-state index contributed by atoms with van der Waals surface area (Å²) in [5, 5.41) is 8.74. The van der Waals surface area contributed by atoms with Gasteiger partial charge >= 0.3 is 5.97 Å². The Morgan fingerprint density at radius 2 is 2.11 bits per heavy atom. The summed E-state index contributed by atoms with van der Waals surface area (Å²) in [5.74, 6) is 0.533. The maximum absolute atomic E-state index is 10.6. The van der Waals surface area contributed by atoms with Gasteiger partial charge in [0, 0.05) is 23.7 Å². The molecule has 5 heteroatoms. The van der Waals surface area contributed by atoms with E-state index in [4.69, 9.17) is 5.11 Å². The van der Waals surface area contributed by atoms with Gasteiger partial charge in [-0.15, -0.1) is 0 Å². The quantitative estimate of drug-likeness (QED) is 0.894. The highest BCUT2D eigenvalue weighted by Crippen LogP contribution is 2.25. The number of hydrogen-bond donors (Lipinski definition) is 1. The predicted molar refractivity (Wildman–Crippen MR) is 72.2 cm³/mol. The Hall–Kier alpha value is -1.49. The molecule has 0 amide bonds. The molecule has 0 saturated carbocycles. The van der Waals surface area contributed by atoms with E-state index in [2.05, 4.69) is 21.9 Å². The Balaban J connectivity index is 2.09. The third-order valence-corrected chi connectivity index (χ3v) is 3.60. The lowest BCUT2D eigenvalue weighted by atomic mass is 9.96. The number of nitrogens with zero attached hydrogens (tertiary/aromatic N) is 3. The average Bonchev–Trinajstić information content (AvgIpc) is 2.36. The lowest BCUT2D eigenvalue weighted by Crippen LogP contribution is -2.30. The van der Waals surface area contributed by atoms with Crippen molar-refractivity contribution < 1.29 is 9.90 Å². The molecule has 0 unspecified atom stereocenters. The van der Waals surface area contributed by atoms with Crippen molar-refractivity contribution in [3.63, 3.8) is 0 Å². The van der Waals surface area contributed by atoms with Gasteiger partial charge in [-0.3, -0.25) is 4.79 Å². The summed E-state index contributed by atoms with van der Waals surface area (Å²) < 4.78 is 0. The molecule has 0 radical (unpaired) electrons. The number of rotatable bonds is 4. The van der Waals surface area contributed by atoms with Crippen molar-refractivity contribution in [2.24, 2.45) is 0 Å². The summed E-state index contributed by atoms with van der Waals surface area (Å²) in [6.45, 7) is 4.10. The number of hydrogen-bond acceptors (Lipinski definition) is 4. The fourth-order valence-electron chi connectivity index (χ4n) is 2.47. The van der Waals surface area contributed by atoms with Gasteiger partial charge in [0.05, 0.1) is 6.42 Å². The Labute approximate surface area is 113 Å². The summed E-state index contributed by atoms with van der Waals surface area (Å²) in [6.07, 6.45) is 2.78. The molecule has 1 aliphatic heterocycles. The average molecular weight is 263 g/mol. The van der Waals surface area contributed by atoms with Crippen molar-refractivity contribution in [2.45, 2.75) is 38.5 Å². The zero-order chi connectivity index (χ0) is 13.8. The van der Waals surface area contributed by atoms with Crippen LogP contribution in [0.5, 0.6) is 0 Å². The largest absolute Gasteiger partial charge is 0.481 e. The summed E-state index contributed by atoms with van der Waals surface area (Å²) >= 11 is 0. The molecule has 1 fully saturated rings. The van der Waals surface area contributed by atoms with E-state index in [-0.39, 0.29) is 6.42 Å². The summed E-state index contributed by atoms with van der Waals surface area (Å²) in [4.78, 5) is 22.0. The van der Waals surface area contributed by atoms with E-state index < -0.39 is 5.97 Å². The van der Waals surface area contributed by atoms with Gasteiger partial charge in [-0.1, -0.05) is 0 Å². The first-order valence-electron chi connectivity index (χ1n) is 6.79. The molecule has 0 aromatic carbocycles. The van der Waals surface area contributed by atoms with E-state index in [1.54, 1.807) is 0 Å². The van der Waals surface area contributed by atoms with Crippen molar-refractivity contribution >= 4 is 5.97 Å². The van der Waals surface area contributed by atoms with Crippen LogP contribution >= 0.6 is 0 Å². The number of aryl methyl sites for hydroxylation is 2. The lowest BCUT2D eigenvalue weighted by Gasteiger charge is -2.28. The van der Waals surface area contributed by atoms with E-state index in [9.17, 15) is 4.79 Å². The fourth-order valence-corrected chi connectivity index (χ4v) is 2.47. The molecule has 1 N–H and O–H groups in total. The molecular weight excluding hydrogens is 242 g/mol. The third kappa shape index (κ3) is 3.99. The van der Waals surface area contributed by atoms with Crippen LogP contribution in [0.4, 0.5) is 0 Å². The molecule has 1 aromatic rings. The highest BCUT2D eigenvalue weighted by molar-refractivity contribution is 5.66. The van der Waals surface area contributed by atoms with Crippen LogP contribution in [0.2, 0.25) is 0 Å². The Morgan fingerprint density at radius 3 is 2.74 bits per heavy atom. The van der Waals surface area contributed by atoms with Crippen molar-refractivity contribution in [1.82, 2.24) is 14.9 Å².